The van der Waals surface area contributed by atoms with Crippen LogP contribution in [-0.2, 0) is 16.1 Å². The van der Waals surface area contributed by atoms with Gasteiger partial charge in [0, 0.05) is 12.6 Å². The van der Waals surface area contributed by atoms with Crippen molar-refractivity contribution in [3.8, 4) is 0 Å². The molecule has 0 saturated heterocycles. The highest BCUT2D eigenvalue weighted by Crippen LogP contribution is 2.25. The highest BCUT2D eigenvalue weighted by molar-refractivity contribution is 5.72. The van der Waals surface area contributed by atoms with E-state index in [-0.39, 0.29) is 11.9 Å². The lowest BCUT2D eigenvalue weighted by Gasteiger charge is -2.28. The Bertz CT molecular complexity index is 456. The Balaban J connectivity index is 1.77. The van der Waals surface area contributed by atoms with E-state index >= 15 is 0 Å². The van der Waals surface area contributed by atoms with Gasteiger partial charge in [0.1, 0.15) is 0 Å². The second-order valence-electron chi connectivity index (χ2n) is 6.18. The van der Waals surface area contributed by atoms with Crippen molar-refractivity contribution in [3.05, 3.63) is 34.9 Å². The summed E-state index contributed by atoms with van der Waals surface area (Å²) >= 11 is 0. The summed E-state index contributed by atoms with van der Waals surface area (Å²) in [6.45, 7) is 7.55. The van der Waals surface area contributed by atoms with Gasteiger partial charge in [-0.2, -0.15) is 0 Å². The third kappa shape index (κ3) is 4.85. The van der Waals surface area contributed by atoms with Crippen LogP contribution in [0.2, 0.25) is 0 Å². The van der Waals surface area contributed by atoms with Crippen molar-refractivity contribution in [2.24, 2.45) is 5.92 Å². The Morgan fingerprint density at radius 3 is 2.33 bits per heavy atom. The third-order valence-electron chi connectivity index (χ3n) is 4.22. The van der Waals surface area contributed by atoms with Gasteiger partial charge in [-0.3, -0.25) is 4.79 Å². The molecule has 3 heteroatoms. The zero-order valence-corrected chi connectivity index (χ0v) is 13.4. The zero-order chi connectivity index (χ0) is 15.2. The Kier molecular flexibility index (Phi) is 5.80. The van der Waals surface area contributed by atoms with Gasteiger partial charge in [0.15, 0.2) is 0 Å². The molecular weight excluding hydrogens is 262 g/mol. The van der Waals surface area contributed by atoms with Gasteiger partial charge in [-0.1, -0.05) is 29.3 Å². The fourth-order valence-corrected chi connectivity index (χ4v) is 3.23. The van der Waals surface area contributed by atoms with Crippen LogP contribution in [0.5, 0.6) is 0 Å². The zero-order valence-electron chi connectivity index (χ0n) is 13.4. The number of hydrogen-bond donors (Lipinski definition) is 1. The fraction of sp³-hybridized carbons (Fsp3) is 0.611. The van der Waals surface area contributed by atoms with Crippen molar-refractivity contribution in [2.45, 2.75) is 59.0 Å². The smallest absolute Gasteiger partial charge is 0.308 e. The Morgan fingerprint density at radius 2 is 1.76 bits per heavy atom. The molecule has 0 radical (unpaired) electrons. The average molecular weight is 289 g/mol. The first kappa shape index (κ1) is 16.0. The monoisotopic (exact) mass is 289 g/mol. The largest absolute Gasteiger partial charge is 0.466 e. The summed E-state index contributed by atoms with van der Waals surface area (Å²) < 4.78 is 5.11. The second-order valence-corrected chi connectivity index (χ2v) is 6.18. The lowest BCUT2D eigenvalue weighted by molar-refractivity contribution is -0.149. The van der Waals surface area contributed by atoms with E-state index in [1.807, 2.05) is 6.92 Å². The van der Waals surface area contributed by atoms with Gasteiger partial charge in [-0.25, -0.2) is 0 Å². The van der Waals surface area contributed by atoms with E-state index in [4.69, 9.17) is 4.74 Å². The average Bonchev–Trinajstić information content (AvgIpc) is 2.45. The molecule has 1 aromatic carbocycles. The number of carbonyl (C=O) groups excluding carboxylic acids is 1. The van der Waals surface area contributed by atoms with Crippen LogP contribution in [0.4, 0.5) is 0 Å². The molecule has 1 N–H and O–H groups in total. The maximum atomic E-state index is 11.7. The minimum absolute atomic E-state index is 0.00902. The molecule has 3 nitrogen and oxygen atoms in total. The summed E-state index contributed by atoms with van der Waals surface area (Å²) in [5.41, 5.74) is 3.98. The van der Waals surface area contributed by atoms with Gasteiger partial charge < -0.3 is 10.1 Å². The molecule has 1 aromatic rings. The van der Waals surface area contributed by atoms with Crippen molar-refractivity contribution in [1.82, 2.24) is 5.32 Å². The van der Waals surface area contributed by atoms with Crippen LogP contribution in [0, 0.1) is 19.8 Å². The molecule has 0 atom stereocenters. The Morgan fingerprint density at radius 1 is 1.14 bits per heavy atom. The summed E-state index contributed by atoms with van der Waals surface area (Å²) in [4.78, 5) is 11.7. The number of carbonyl (C=O) groups is 1. The van der Waals surface area contributed by atoms with E-state index in [1.165, 1.54) is 16.7 Å². The second kappa shape index (κ2) is 7.60. The van der Waals surface area contributed by atoms with Gasteiger partial charge in [0.2, 0.25) is 0 Å². The molecule has 0 bridgehead atoms. The van der Waals surface area contributed by atoms with E-state index < -0.39 is 0 Å². The van der Waals surface area contributed by atoms with Crippen LogP contribution in [0.25, 0.3) is 0 Å². The van der Waals surface area contributed by atoms with Crippen molar-refractivity contribution in [3.63, 3.8) is 0 Å². The molecule has 21 heavy (non-hydrogen) atoms. The Hall–Kier alpha value is -1.35. The first-order valence-electron chi connectivity index (χ1n) is 8.05. The molecule has 116 valence electrons. The van der Waals surface area contributed by atoms with E-state index in [9.17, 15) is 4.79 Å². The van der Waals surface area contributed by atoms with Gasteiger partial charge >= 0.3 is 5.97 Å². The molecule has 1 aliphatic rings. The number of benzene rings is 1. The SMILES string of the molecule is CCOC(=O)C1CCC(NCc2cc(C)cc(C)c2)CC1. The molecule has 1 fully saturated rings. The van der Waals surface area contributed by atoms with E-state index in [0.29, 0.717) is 12.6 Å². The molecule has 0 aromatic heterocycles. The van der Waals surface area contributed by atoms with Gasteiger partial charge in [0.05, 0.1) is 12.5 Å². The summed E-state index contributed by atoms with van der Waals surface area (Å²) in [6.07, 6.45) is 4.02. The maximum Gasteiger partial charge on any atom is 0.308 e. The predicted octanol–water partition coefficient (Wildman–Crippen LogP) is 3.51. The lowest BCUT2D eigenvalue weighted by atomic mass is 9.86. The molecule has 1 aliphatic carbocycles. The van der Waals surface area contributed by atoms with Gasteiger partial charge in [-0.15, -0.1) is 0 Å². The molecule has 0 amide bonds. The maximum absolute atomic E-state index is 11.7. The lowest BCUT2D eigenvalue weighted by Crippen LogP contribution is -2.35. The molecule has 0 unspecified atom stereocenters. The van der Waals surface area contributed by atoms with Crippen molar-refractivity contribution >= 4 is 5.97 Å². The summed E-state index contributed by atoms with van der Waals surface area (Å²) in [5.74, 6) is 0.106. The highest BCUT2D eigenvalue weighted by atomic mass is 16.5. The third-order valence-corrected chi connectivity index (χ3v) is 4.22. The van der Waals surface area contributed by atoms with Crippen molar-refractivity contribution in [2.75, 3.05) is 6.61 Å². The van der Waals surface area contributed by atoms with E-state index in [1.54, 1.807) is 0 Å². The first-order valence-corrected chi connectivity index (χ1v) is 8.05. The van der Waals surface area contributed by atoms with E-state index in [2.05, 4.69) is 37.4 Å². The number of nitrogens with one attached hydrogen (secondary N) is 1. The van der Waals surface area contributed by atoms with Crippen LogP contribution in [0.3, 0.4) is 0 Å². The predicted molar refractivity (Wildman–Crippen MR) is 85.1 cm³/mol. The minimum Gasteiger partial charge on any atom is -0.466 e. The summed E-state index contributed by atoms with van der Waals surface area (Å²) in [6, 6.07) is 7.21. The van der Waals surface area contributed by atoms with Crippen LogP contribution in [0.15, 0.2) is 18.2 Å². The fourth-order valence-electron chi connectivity index (χ4n) is 3.23. The highest BCUT2D eigenvalue weighted by Gasteiger charge is 2.26. The van der Waals surface area contributed by atoms with Crippen LogP contribution >= 0.6 is 0 Å². The normalized spacial score (nSPS) is 22.0. The molecule has 0 aliphatic heterocycles. The quantitative estimate of drug-likeness (QED) is 0.843. The van der Waals surface area contributed by atoms with Crippen molar-refractivity contribution in [1.29, 1.82) is 0 Å². The first-order chi connectivity index (χ1) is 10.1. The van der Waals surface area contributed by atoms with Crippen LogP contribution in [0.1, 0.15) is 49.3 Å². The molecule has 0 heterocycles. The number of esters is 1. The summed E-state index contributed by atoms with van der Waals surface area (Å²) in [5, 5.41) is 3.63. The van der Waals surface area contributed by atoms with Crippen molar-refractivity contribution < 1.29 is 9.53 Å². The number of ether oxygens (including phenoxy) is 1. The number of rotatable bonds is 5. The van der Waals surface area contributed by atoms with Gasteiger partial charge in [0.25, 0.3) is 0 Å². The standard InChI is InChI=1S/C18H27NO2/c1-4-21-18(20)16-5-7-17(8-6-16)19-12-15-10-13(2)9-14(3)11-15/h9-11,16-17,19H,4-8,12H2,1-3H3. The van der Waals surface area contributed by atoms with Crippen LogP contribution in [-0.4, -0.2) is 18.6 Å². The minimum atomic E-state index is -0.00902. The number of aryl methyl sites for hydroxylation is 2. The molecule has 1 saturated carbocycles. The molecule has 2 rings (SSSR count). The topological polar surface area (TPSA) is 38.3 Å². The van der Waals surface area contributed by atoms with Crippen LogP contribution < -0.4 is 5.32 Å². The summed E-state index contributed by atoms with van der Waals surface area (Å²) in [7, 11) is 0. The van der Waals surface area contributed by atoms with Gasteiger partial charge in [-0.05, 0) is 52.0 Å². The number of hydrogen-bond acceptors (Lipinski definition) is 3. The Labute approximate surface area is 128 Å². The molecular formula is C18H27NO2. The molecule has 0 spiro atoms. The van der Waals surface area contributed by atoms with E-state index in [0.717, 1.165) is 32.2 Å².